The van der Waals surface area contributed by atoms with Gasteiger partial charge in [-0.1, -0.05) is 18.7 Å². The van der Waals surface area contributed by atoms with E-state index in [4.69, 9.17) is 0 Å². The van der Waals surface area contributed by atoms with Crippen LogP contribution in [-0.2, 0) is 4.79 Å². The summed E-state index contributed by atoms with van der Waals surface area (Å²) in [7, 11) is 0. The minimum absolute atomic E-state index is 0.0295. The molecular weight excluding hydrogens is 213 g/mol. The van der Waals surface area contributed by atoms with Gasteiger partial charge in [0.25, 0.3) is 0 Å². The summed E-state index contributed by atoms with van der Waals surface area (Å²) in [6.07, 6.45) is -3.42. The van der Waals surface area contributed by atoms with Crippen molar-refractivity contribution in [3.05, 3.63) is 0 Å². The van der Waals surface area contributed by atoms with E-state index in [1.165, 1.54) is 0 Å². The summed E-state index contributed by atoms with van der Waals surface area (Å²) in [6.45, 7) is 0.867. The van der Waals surface area contributed by atoms with Gasteiger partial charge in [0.15, 0.2) is 5.12 Å². The molecule has 5 heteroatoms. The monoisotopic (exact) mass is 228 g/mol. The fraction of sp³-hybridized carbons (Fsp3) is 0.889. The van der Waals surface area contributed by atoms with E-state index in [-0.39, 0.29) is 17.3 Å². The summed E-state index contributed by atoms with van der Waals surface area (Å²) in [5.41, 5.74) is 0. The van der Waals surface area contributed by atoms with Crippen LogP contribution in [0.2, 0.25) is 0 Å². The van der Waals surface area contributed by atoms with Crippen molar-refractivity contribution in [1.29, 1.82) is 0 Å². The molecule has 0 radical (unpaired) electrons. The Bertz CT molecular complexity index is 166. The second kappa shape index (κ2) is 8.15. The van der Waals surface area contributed by atoms with Gasteiger partial charge >= 0.3 is 0 Å². The zero-order chi connectivity index (χ0) is 11.0. The van der Waals surface area contributed by atoms with E-state index < -0.39 is 25.4 Å². The van der Waals surface area contributed by atoms with Crippen molar-refractivity contribution in [3.63, 3.8) is 0 Å². The van der Waals surface area contributed by atoms with Gasteiger partial charge < -0.3 is 0 Å². The minimum atomic E-state index is -1.74. The van der Waals surface area contributed by atoms with Crippen LogP contribution in [-0.4, -0.2) is 29.9 Å². The first-order chi connectivity index (χ1) is 6.61. The smallest absolute Gasteiger partial charge is 0.188 e. The highest BCUT2D eigenvalue weighted by molar-refractivity contribution is 8.13. The molecule has 0 aliphatic heterocycles. The third kappa shape index (κ3) is 6.29. The number of rotatable bonds is 7. The topological polar surface area (TPSA) is 17.1 Å². The highest BCUT2D eigenvalue weighted by Crippen LogP contribution is 2.16. The molecule has 2 unspecified atom stereocenters. The normalized spacial score (nSPS) is 15.1. The van der Waals surface area contributed by atoms with E-state index in [0.29, 0.717) is 6.42 Å². The Balaban J connectivity index is 3.52. The Morgan fingerprint density at radius 2 is 1.86 bits per heavy atom. The molecule has 0 aliphatic rings. The maximum Gasteiger partial charge on any atom is 0.188 e. The van der Waals surface area contributed by atoms with E-state index in [1.807, 2.05) is 0 Å². The van der Waals surface area contributed by atoms with Gasteiger partial charge in [-0.3, -0.25) is 9.18 Å². The van der Waals surface area contributed by atoms with E-state index in [0.717, 1.165) is 11.8 Å². The maximum atomic E-state index is 12.9. The van der Waals surface area contributed by atoms with Crippen molar-refractivity contribution in [2.24, 2.45) is 0 Å². The lowest BCUT2D eigenvalue weighted by atomic mass is 10.1. The maximum absolute atomic E-state index is 12.9. The average molecular weight is 228 g/mol. The lowest BCUT2D eigenvalue weighted by molar-refractivity contribution is -0.110. The summed E-state index contributed by atoms with van der Waals surface area (Å²) in [6, 6.07) is 0. The Labute approximate surface area is 86.4 Å². The molecule has 0 bridgehead atoms. The van der Waals surface area contributed by atoms with Gasteiger partial charge in [-0.25, -0.2) is 8.78 Å². The average Bonchev–Trinajstić information content (AvgIpc) is 2.17. The zero-order valence-corrected chi connectivity index (χ0v) is 8.96. The summed E-state index contributed by atoms with van der Waals surface area (Å²) in [5.74, 6) is 0.264. The van der Waals surface area contributed by atoms with Gasteiger partial charge in [-0.05, 0) is 6.42 Å². The number of halogens is 3. The Kier molecular flexibility index (Phi) is 8.04. The zero-order valence-electron chi connectivity index (χ0n) is 8.14. The quantitative estimate of drug-likeness (QED) is 0.666. The predicted molar refractivity (Wildman–Crippen MR) is 52.8 cm³/mol. The molecule has 0 aromatic heterocycles. The third-order valence-corrected chi connectivity index (χ3v) is 2.77. The van der Waals surface area contributed by atoms with Crippen LogP contribution in [0.3, 0.4) is 0 Å². The Morgan fingerprint density at radius 3 is 2.36 bits per heavy atom. The first-order valence-electron chi connectivity index (χ1n) is 4.61. The molecule has 0 aromatic rings. The van der Waals surface area contributed by atoms with Gasteiger partial charge in [0.1, 0.15) is 12.3 Å². The summed E-state index contributed by atoms with van der Waals surface area (Å²) in [5, 5.41) is -0.0295. The van der Waals surface area contributed by atoms with Crippen LogP contribution in [0, 0.1) is 0 Å². The molecule has 2 atom stereocenters. The summed E-state index contributed by atoms with van der Waals surface area (Å²) in [4.78, 5) is 10.8. The van der Waals surface area contributed by atoms with Crippen molar-refractivity contribution in [3.8, 4) is 0 Å². The second-order valence-corrected chi connectivity index (χ2v) is 4.02. The fourth-order valence-corrected chi connectivity index (χ4v) is 1.63. The minimum Gasteiger partial charge on any atom is -0.287 e. The Hall–Kier alpha value is -0.190. The standard InChI is InChI=1S/C9H15F3OS/c1-2-9(13)14-6-4-8(12)7(11)3-5-10/h7-8H,2-6H2,1H3. The molecule has 0 saturated carbocycles. The number of alkyl halides is 3. The molecule has 0 aliphatic carbocycles. The van der Waals surface area contributed by atoms with E-state index >= 15 is 0 Å². The van der Waals surface area contributed by atoms with Crippen LogP contribution in [0.15, 0.2) is 0 Å². The van der Waals surface area contributed by atoms with Crippen LogP contribution >= 0.6 is 11.8 Å². The number of thioether (sulfide) groups is 1. The Morgan fingerprint density at radius 1 is 1.29 bits per heavy atom. The van der Waals surface area contributed by atoms with Crippen LogP contribution in [0.5, 0.6) is 0 Å². The van der Waals surface area contributed by atoms with Gasteiger partial charge in [-0.15, -0.1) is 0 Å². The van der Waals surface area contributed by atoms with Crippen LogP contribution in [0.1, 0.15) is 26.2 Å². The number of hydrogen-bond donors (Lipinski definition) is 0. The number of carbonyl (C=O) groups excluding carboxylic acids is 1. The summed E-state index contributed by atoms with van der Waals surface area (Å²) >= 11 is 1.00. The molecule has 1 nitrogen and oxygen atoms in total. The van der Waals surface area contributed by atoms with Crippen molar-refractivity contribution >= 4 is 16.9 Å². The molecule has 0 fully saturated rings. The van der Waals surface area contributed by atoms with Crippen LogP contribution in [0.4, 0.5) is 13.2 Å². The lowest BCUT2D eigenvalue weighted by Gasteiger charge is -2.10. The van der Waals surface area contributed by atoms with Gasteiger partial charge in [0, 0.05) is 18.6 Å². The molecule has 14 heavy (non-hydrogen) atoms. The highest BCUT2D eigenvalue weighted by Gasteiger charge is 2.19. The second-order valence-electron chi connectivity index (χ2n) is 2.87. The third-order valence-electron chi connectivity index (χ3n) is 1.72. The molecule has 84 valence electrons. The molecule has 0 N–H and O–H groups in total. The highest BCUT2D eigenvalue weighted by atomic mass is 32.2. The van der Waals surface area contributed by atoms with Gasteiger partial charge in [0.05, 0.1) is 6.67 Å². The molecule has 0 aromatic carbocycles. The number of carbonyl (C=O) groups is 1. The van der Waals surface area contributed by atoms with Crippen LogP contribution < -0.4 is 0 Å². The molecule has 0 rings (SSSR count). The SMILES string of the molecule is CCC(=O)SCCC(F)C(F)CCF. The predicted octanol–water partition coefficient (Wildman–Crippen LogP) is 3.08. The molecule has 0 spiro atoms. The lowest BCUT2D eigenvalue weighted by Crippen LogP contribution is -2.18. The molecule has 0 amide bonds. The van der Waals surface area contributed by atoms with Gasteiger partial charge in [-0.2, -0.15) is 0 Å². The van der Waals surface area contributed by atoms with Crippen LogP contribution in [0.25, 0.3) is 0 Å². The van der Waals surface area contributed by atoms with Crippen molar-refractivity contribution in [1.82, 2.24) is 0 Å². The molecule has 0 saturated heterocycles. The summed E-state index contributed by atoms with van der Waals surface area (Å²) < 4.78 is 37.2. The van der Waals surface area contributed by atoms with E-state index in [2.05, 4.69) is 0 Å². The number of hydrogen-bond acceptors (Lipinski definition) is 2. The van der Waals surface area contributed by atoms with Crippen molar-refractivity contribution in [2.75, 3.05) is 12.4 Å². The van der Waals surface area contributed by atoms with E-state index in [1.54, 1.807) is 6.92 Å². The van der Waals surface area contributed by atoms with E-state index in [9.17, 15) is 18.0 Å². The van der Waals surface area contributed by atoms with Crippen molar-refractivity contribution < 1.29 is 18.0 Å². The first kappa shape index (κ1) is 13.8. The molecular formula is C9H15F3OS. The molecule has 0 heterocycles. The van der Waals surface area contributed by atoms with Gasteiger partial charge in [0.2, 0.25) is 0 Å². The largest absolute Gasteiger partial charge is 0.287 e. The first-order valence-corrected chi connectivity index (χ1v) is 5.60. The fourth-order valence-electron chi connectivity index (χ4n) is 0.853. The van der Waals surface area contributed by atoms with Crippen molar-refractivity contribution in [2.45, 2.75) is 38.5 Å².